The molecule has 0 aliphatic heterocycles. The van der Waals surface area contributed by atoms with E-state index in [1.807, 2.05) is 18.2 Å². The SMILES string of the molecule is Cc1cc(N(c2ccc3ccccc3c2)c2ccc3c(c2)oc2cc(C=C(C#N)C#N)sc23)cc(C)c1C. The van der Waals surface area contributed by atoms with Crippen molar-refractivity contribution in [2.45, 2.75) is 20.8 Å². The molecule has 0 saturated carbocycles. The molecule has 0 radical (unpaired) electrons. The van der Waals surface area contributed by atoms with E-state index in [0.29, 0.717) is 0 Å². The number of aryl methyl sites for hydroxylation is 2. The highest BCUT2D eigenvalue weighted by atomic mass is 32.1. The second-order valence-electron chi connectivity index (χ2n) is 9.48. The van der Waals surface area contributed by atoms with Crippen LogP contribution in [-0.4, -0.2) is 0 Å². The van der Waals surface area contributed by atoms with Crippen LogP contribution in [0.5, 0.6) is 0 Å². The molecule has 0 aliphatic carbocycles. The second-order valence-corrected chi connectivity index (χ2v) is 10.6. The first-order chi connectivity index (χ1) is 18.4. The van der Waals surface area contributed by atoms with Crippen LogP contribution in [0.1, 0.15) is 21.6 Å². The minimum absolute atomic E-state index is 0.0789. The molecule has 0 amide bonds. The summed E-state index contributed by atoms with van der Waals surface area (Å²) in [4.78, 5) is 3.11. The molecule has 6 aromatic rings. The van der Waals surface area contributed by atoms with Gasteiger partial charge in [-0.3, -0.25) is 0 Å². The van der Waals surface area contributed by atoms with E-state index >= 15 is 0 Å². The maximum Gasteiger partial charge on any atom is 0.146 e. The number of thiophene rings is 1. The van der Waals surface area contributed by atoms with Crippen molar-refractivity contribution < 1.29 is 4.42 Å². The Labute approximate surface area is 224 Å². The van der Waals surface area contributed by atoms with E-state index in [1.54, 1.807) is 6.08 Å². The molecular formula is C33H23N3OS. The number of benzene rings is 4. The zero-order chi connectivity index (χ0) is 26.4. The van der Waals surface area contributed by atoms with E-state index in [0.717, 1.165) is 43.2 Å². The molecule has 2 aromatic heterocycles. The third-order valence-corrected chi connectivity index (χ3v) is 8.19. The van der Waals surface area contributed by atoms with Gasteiger partial charge in [-0.05, 0) is 96.8 Å². The van der Waals surface area contributed by atoms with Crippen LogP contribution in [0, 0.1) is 43.4 Å². The van der Waals surface area contributed by atoms with Crippen LogP contribution >= 0.6 is 11.3 Å². The zero-order valence-corrected chi connectivity index (χ0v) is 22.1. The smallest absolute Gasteiger partial charge is 0.146 e. The van der Waals surface area contributed by atoms with E-state index in [4.69, 9.17) is 14.9 Å². The molecule has 38 heavy (non-hydrogen) atoms. The molecule has 182 valence electrons. The summed E-state index contributed by atoms with van der Waals surface area (Å²) in [5.41, 5.74) is 8.61. The lowest BCUT2D eigenvalue weighted by Crippen LogP contribution is -2.11. The minimum Gasteiger partial charge on any atom is -0.455 e. The van der Waals surface area contributed by atoms with Crippen molar-refractivity contribution in [2.75, 3.05) is 4.90 Å². The lowest BCUT2D eigenvalue weighted by Gasteiger charge is -2.27. The Morgan fingerprint density at radius 1 is 0.763 bits per heavy atom. The Kier molecular flexibility index (Phi) is 5.72. The molecule has 4 nitrogen and oxygen atoms in total. The van der Waals surface area contributed by atoms with Gasteiger partial charge in [-0.25, -0.2) is 0 Å². The summed E-state index contributed by atoms with van der Waals surface area (Å²) in [7, 11) is 0. The molecule has 5 heteroatoms. The van der Waals surface area contributed by atoms with Crippen LogP contribution in [0.15, 0.2) is 88.9 Å². The molecule has 0 atom stereocenters. The first-order valence-corrected chi connectivity index (χ1v) is 13.1. The lowest BCUT2D eigenvalue weighted by atomic mass is 10.0. The molecule has 0 saturated heterocycles. The first kappa shape index (κ1) is 23.6. The van der Waals surface area contributed by atoms with Crippen molar-refractivity contribution in [3.8, 4) is 12.1 Å². The van der Waals surface area contributed by atoms with Gasteiger partial charge in [0, 0.05) is 33.4 Å². The fourth-order valence-corrected chi connectivity index (χ4v) is 5.96. The summed E-state index contributed by atoms with van der Waals surface area (Å²) in [5.74, 6) is 0. The van der Waals surface area contributed by atoms with Gasteiger partial charge in [0.15, 0.2) is 0 Å². The van der Waals surface area contributed by atoms with Gasteiger partial charge >= 0.3 is 0 Å². The van der Waals surface area contributed by atoms with Gasteiger partial charge in [-0.15, -0.1) is 11.3 Å². The number of furan rings is 1. The van der Waals surface area contributed by atoms with E-state index < -0.39 is 0 Å². The van der Waals surface area contributed by atoms with Crippen LogP contribution in [0.4, 0.5) is 17.1 Å². The molecule has 0 N–H and O–H groups in total. The minimum atomic E-state index is 0.0789. The van der Waals surface area contributed by atoms with Crippen LogP contribution < -0.4 is 4.90 Å². The maximum absolute atomic E-state index is 9.10. The Hall–Kier alpha value is -4.84. The van der Waals surface area contributed by atoms with Crippen LogP contribution in [0.3, 0.4) is 0 Å². The first-order valence-electron chi connectivity index (χ1n) is 12.3. The highest BCUT2D eigenvalue weighted by molar-refractivity contribution is 7.20. The summed E-state index contributed by atoms with van der Waals surface area (Å²) in [6.07, 6.45) is 1.60. The molecule has 6 rings (SSSR count). The Morgan fingerprint density at radius 2 is 1.45 bits per heavy atom. The molecular weight excluding hydrogens is 486 g/mol. The summed E-state index contributed by atoms with van der Waals surface area (Å²) < 4.78 is 7.28. The number of hydrogen-bond donors (Lipinski definition) is 0. The van der Waals surface area contributed by atoms with Crippen molar-refractivity contribution in [1.29, 1.82) is 10.5 Å². The van der Waals surface area contributed by atoms with Gasteiger partial charge in [0.05, 0.1) is 4.70 Å². The average molecular weight is 510 g/mol. The van der Waals surface area contributed by atoms with E-state index in [-0.39, 0.29) is 5.57 Å². The second kappa shape index (κ2) is 9.23. The fraction of sp³-hybridized carbons (Fsp3) is 0.0909. The molecule has 0 aliphatic rings. The zero-order valence-electron chi connectivity index (χ0n) is 21.2. The highest BCUT2D eigenvalue weighted by Crippen LogP contribution is 2.42. The number of fused-ring (bicyclic) bond motifs is 4. The average Bonchev–Trinajstić information content (AvgIpc) is 3.47. The quantitative estimate of drug-likeness (QED) is 0.222. The van der Waals surface area contributed by atoms with E-state index in [1.165, 1.54) is 38.8 Å². The van der Waals surface area contributed by atoms with Crippen LogP contribution in [0.25, 0.3) is 38.1 Å². The predicted octanol–water partition coefficient (Wildman–Crippen LogP) is 9.63. The Bertz CT molecular complexity index is 1960. The molecule has 0 unspecified atom stereocenters. The van der Waals surface area contributed by atoms with Crippen LogP contribution in [0.2, 0.25) is 0 Å². The van der Waals surface area contributed by atoms with Gasteiger partial charge in [-0.2, -0.15) is 10.5 Å². The van der Waals surface area contributed by atoms with Gasteiger partial charge in [0.25, 0.3) is 0 Å². The molecule has 0 spiro atoms. The van der Waals surface area contributed by atoms with Crippen molar-refractivity contribution in [3.05, 3.63) is 106 Å². The molecule has 2 heterocycles. The van der Waals surface area contributed by atoms with E-state index in [2.05, 4.69) is 98.5 Å². The van der Waals surface area contributed by atoms with Gasteiger partial charge in [0.1, 0.15) is 28.9 Å². The summed E-state index contributed by atoms with van der Waals surface area (Å²) >= 11 is 1.52. The Morgan fingerprint density at radius 3 is 2.18 bits per heavy atom. The van der Waals surface area contributed by atoms with Gasteiger partial charge in [0.2, 0.25) is 0 Å². The van der Waals surface area contributed by atoms with Gasteiger partial charge < -0.3 is 9.32 Å². The van der Waals surface area contributed by atoms with Crippen molar-refractivity contribution >= 4 is 66.5 Å². The number of nitrogens with zero attached hydrogens (tertiary/aromatic N) is 3. The number of nitriles is 2. The van der Waals surface area contributed by atoms with Crippen molar-refractivity contribution in [3.63, 3.8) is 0 Å². The van der Waals surface area contributed by atoms with Crippen molar-refractivity contribution in [2.24, 2.45) is 0 Å². The van der Waals surface area contributed by atoms with Crippen LogP contribution in [-0.2, 0) is 0 Å². The largest absolute Gasteiger partial charge is 0.455 e. The third kappa shape index (κ3) is 4.00. The Balaban J connectivity index is 1.52. The molecule has 0 bridgehead atoms. The number of anilines is 3. The normalized spacial score (nSPS) is 11.0. The lowest BCUT2D eigenvalue weighted by molar-refractivity contribution is 0.670. The topological polar surface area (TPSA) is 64.0 Å². The third-order valence-electron chi connectivity index (χ3n) is 7.09. The molecule has 4 aromatic carbocycles. The standard InChI is InChI=1S/C33H23N3OS/c1-20-12-28(13-21(2)22(20)3)36(26-9-8-24-6-4-5-7-25(24)15-26)27-10-11-30-31(16-27)37-32-17-29(38-33(30)32)14-23(18-34)19-35/h4-17H,1-3H3. The summed E-state index contributed by atoms with van der Waals surface area (Å²) in [6.45, 7) is 6.48. The highest BCUT2D eigenvalue weighted by Gasteiger charge is 2.18. The fourth-order valence-electron chi connectivity index (χ4n) is 4.90. The van der Waals surface area contributed by atoms with Gasteiger partial charge in [-0.1, -0.05) is 30.3 Å². The number of hydrogen-bond acceptors (Lipinski definition) is 5. The van der Waals surface area contributed by atoms with E-state index in [9.17, 15) is 0 Å². The monoisotopic (exact) mass is 509 g/mol. The van der Waals surface area contributed by atoms with Crippen molar-refractivity contribution in [1.82, 2.24) is 0 Å². The molecule has 0 fully saturated rings. The number of rotatable bonds is 4. The predicted molar refractivity (Wildman–Crippen MR) is 157 cm³/mol. The maximum atomic E-state index is 9.10. The number of allylic oxidation sites excluding steroid dienone is 1. The summed E-state index contributed by atoms with van der Waals surface area (Å²) in [5, 5.41) is 21.6. The summed E-state index contributed by atoms with van der Waals surface area (Å²) in [6, 6.07) is 31.5.